The number of nitrogens with zero attached hydrogens (tertiary/aromatic N) is 12. The van der Waals surface area contributed by atoms with Gasteiger partial charge in [0.25, 0.3) is 5.97 Å². The van der Waals surface area contributed by atoms with Crippen LogP contribution < -0.4 is 42.2 Å². The summed E-state index contributed by atoms with van der Waals surface area (Å²) in [7, 11) is 3.07. The third-order valence-electron chi connectivity index (χ3n) is 12.5. The molecule has 0 saturated carbocycles. The number of aromatic nitrogens is 12. The minimum Gasteiger partial charge on any atom is -0.497 e. The van der Waals surface area contributed by atoms with E-state index in [4.69, 9.17) is 67.9 Å². The largest absolute Gasteiger partial charge is 0.497 e. The van der Waals surface area contributed by atoms with Crippen molar-refractivity contribution in [1.82, 2.24) is 57.6 Å². The summed E-state index contributed by atoms with van der Waals surface area (Å²) in [6.07, 6.45) is 8.18. The van der Waals surface area contributed by atoms with Crippen molar-refractivity contribution in [2.24, 2.45) is 0 Å². The number of aliphatic carboxylic acids is 1. The molecule has 0 spiro atoms. The van der Waals surface area contributed by atoms with Crippen LogP contribution in [0.2, 0.25) is 4.47 Å². The molecule has 0 saturated heterocycles. The molecule has 0 unspecified atom stereocenters. The minimum absolute atomic E-state index is 0.0278. The van der Waals surface area contributed by atoms with Gasteiger partial charge in [-0.3, -0.25) is 14.4 Å². The van der Waals surface area contributed by atoms with Gasteiger partial charge in [0.1, 0.15) is 56.8 Å². The number of methoxy groups -OCH3 is 3. The molecular weight excluding hydrogens is 1270 g/mol. The second-order valence-corrected chi connectivity index (χ2v) is 24.7. The van der Waals surface area contributed by atoms with E-state index in [2.05, 4.69) is 118 Å². The molecule has 93 heavy (non-hydrogen) atoms. The molecule has 0 bridgehead atoms. The molecule has 0 atom stereocenters. The topological polar surface area (TPSA) is 376 Å². The number of carbonyl (C=O) groups is 3. The summed E-state index contributed by atoms with van der Waals surface area (Å²) in [6, 6.07) is 27.8. The Hall–Kier alpha value is -9.91. The number of carboxylic acid groups (broad SMARTS) is 1. The fourth-order valence-corrected chi connectivity index (χ4v) is 10.5. The molecule has 0 aliphatic rings. The molecule has 0 aliphatic carbocycles. The van der Waals surface area contributed by atoms with Gasteiger partial charge in [-0.1, -0.05) is 18.2 Å². The van der Waals surface area contributed by atoms with Crippen LogP contribution in [-0.4, -0.2) is 125 Å². The zero-order chi connectivity index (χ0) is 68.3. The second kappa shape index (κ2) is 32.9. The van der Waals surface area contributed by atoms with Crippen molar-refractivity contribution in [3.05, 3.63) is 149 Å². The number of imidazole rings is 1. The van der Waals surface area contributed by atoms with Gasteiger partial charge < -0.3 is 56.5 Å². The first-order valence-corrected chi connectivity index (χ1v) is 30.7. The number of nitrogens with one attached hydrogen (secondary N) is 1. The number of aryl methyl sites for hydroxylation is 3. The van der Waals surface area contributed by atoms with Crippen molar-refractivity contribution in [3.8, 4) is 72.0 Å². The molecule has 484 valence electrons. The molecule has 5 aromatic carbocycles. The molecule has 0 radical (unpaired) electrons. The highest BCUT2D eigenvalue weighted by Crippen LogP contribution is 2.40. The number of halogens is 1. The van der Waals surface area contributed by atoms with E-state index in [1.807, 2.05) is 63.2 Å². The molecule has 0 amide bonds. The molecular formula is C63H70BClN16O9S3. The van der Waals surface area contributed by atoms with Crippen molar-refractivity contribution in [3.63, 3.8) is 0 Å². The van der Waals surface area contributed by atoms with Crippen LogP contribution in [0.4, 0.5) is 23.3 Å². The Balaban J connectivity index is 0.000000198. The van der Waals surface area contributed by atoms with Crippen LogP contribution in [0.1, 0.15) is 86.7 Å². The maximum absolute atomic E-state index is 11.0. The number of carbonyl (C=O) groups excluding carboxylic acids is 2. The highest BCUT2D eigenvalue weighted by atomic mass is 35.5. The number of ether oxygens (including phenoxy) is 3. The van der Waals surface area contributed by atoms with Crippen LogP contribution in [0, 0.1) is 20.8 Å². The number of carboxylic acids is 1. The molecule has 30 heteroatoms. The lowest BCUT2D eigenvalue weighted by Gasteiger charge is -2.25. The summed E-state index contributed by atoms with van der Waals surface area (Å²) in [5, 5.41) is 30.1. The van der Waals surface area contributed by atoms with Gasteiger partial charge in [-0.15, -0.1) is 0 Å². The number of hydrogen-bond acceptors (Lipinski definition) is 26. The van der Waals surface area contributed by atoms with Gasteiger partial charge in [0, 0.05) is 81.7 Å². The molecule has 11 aromatic rings. The Morgan fingerprint density at radius 2 is 1.05 bits per heavy atom. The normalized spacial score (nSPS) is 10.7. The zero-order valence-electron chi connectivity index (χ0n) is 53.2. The summed E-state index contributed by atoms with van der Waals surface area (Å²) in [4.78, 5) is 64.5. The minimum atomic E-state index is -1.63. The fourth-order valence-electron chi connectivity index (χ4n) is 8.44. The first-order chi connectivity index (χ1) is 44.0. The van der Waals surface area contributed by atoms with Crippen LogP contribution in [-0.2, 0) is 10.3 Å². The maximum Gasteiger partial charge on any atom is 0.489 e. The Morgan fingerprint density at radius 1 is 0.591 bits per heavy atom. The molecule has 6 aromatic heterocycles. The number of fused-ring (bicyclic) bond motifs is 1. The van der Waals surface area contributed by atoms with E-state index in [-0.39, 0.29) is 34.0 Å². The lowest BCUT2D eigenvalue weighted by molar-refractivity contribution is -0.134. The number of nitrogen functional groups attached to an aromatic ring is 3. The monoisotopic (exact) mass is 1340 g/mol. The maximum atomic E-state index is 11.0. The van der Waals surface area contributed by atoms with E-state index in [9.17, 15) is 9.59 Å². The van der Waals surface area contributed by atoms with Crippen molar-refractivity contribution in [2.75, 3.05) is 43.8 Å². The molecule has 11 rings (SSSR count). The number of rotatable bonds is 12. The van der Waals surface area contributed by atoms with E-state index >= 15 is 0 Å². The third-order valence-corrected chi connectivity index (χ3v) is 15.0. The summed E-state index contributed by atoms with van der Waals surface area (Å²) in [5.41, 5.74) is 27.9. The Labute approximate surface area is 554 Å². The van der Waals surface area contributed by atoms with Crippen molar-refractivity contribution in [1.29, 1.82) is 0 Å². The van der Waals surface area contributed by atoms with Crippen molar-refractivity contribution < 1.29 is 43.7 Å². The molecule has 6 heterocycles. The smallest absolute Gasteiger partial charge is 0.489 e. The Bertz CT molecular complexity index is 4290. The van der Waals surface area contributed by atoms with Gasteiger partial charge in [0.2, 0.25) is 16.4 Å². The summed E-state index contributed by atoms with van der Waals surface area (Å²) < 4.78 is 30.6. The van der Waals surface area contributed by atoms with Gasteiger partial charge in [-0.25, -0.2) is 39.9 Å². The lowest BCUT2D eigenvalue weighted by Crippen LogP contribution is -2.32. The lowest BCUT2D eigenvalue weighted by atomic mass is 9.77. The SMILES string of the molecule is CC(=O)O.CC(C)(C)Nc1ccc(-c2cnc(N)nc2)cc1N.COc1ccc(-c2nc(C)ns2)c(-c2nc3cc(-c4cnc(N)nc4)ccc3n2C(C)(C)C)c1.COc1ccc(-c2nc(C)ns2)c(C=O)c1.COc1ccc(B(O)O)c(C=O)c1.Cc1nsc(Cl)n1. The van der Waals surface area contributed by atoms with Crippen LogP contribution in [0.3, 0.4) is 0 Å². The number of aldehydes is 2. The van der Waals surface area contributed by atoms with Crippen LogP contribution in [0.15, 0.2) is 116 Å². The van der Waals surface area contributed by atoms with Gasteiger partial charge in [-0.05, 0) is 198 Å². The second-order valence-electron chi connectivity index (χ2n) is 21.9. The fraction of sp³-hybridized carbons (Fsp3) is 0.238. The van der Waals surface area contributed by atoms with Crippen molar-refractivity contribution >= 4 is 112 Å². The number of hydrogen-bond donors (Lipinski definition) is 7. The van der Waals surface area contributed by atoms with Gasteiger partial charge in [0.15, 0.2) is 6.29 Å². The summed E-state index contributed by atoms with van der Waals surface area (Å²) in [5.74, 6) is 4.66. The van der Waals surface area contributed by atoms with Gasteiger partial charge >= 0.3 is 7.12 Å². The number of benzene rings is 5. The highest BCUT2D eigenvalue weighted by Gasteiger charge is 2.26. The average molecular weight is 1340 g/mol. The van der Waals surface area contributed by atoms with Crippen LogP contribution in [0.5, 0.6) is 17.2 Å². The van der Waals surface area contributed by atoms with Crippen LogP contribution >= 0.6 is 46.2 Å². The number of nitrogens with two attached hydrogens (primary N) is 3. The predicted octanol–water partition coefficient (Wildman–Crippen LogP) is 11.0. The van der Waals surface area contributed by atoms with Gasteiger partial charge in [-0.2, -0.15) is 13.1 Å². The highest BCUT2D eigenvalue weighted by molar-refractivity contribution is 7.10. The van der Waals surface area contributed by atoms with E-state index < -0.39 is 13.1 Å². The predicted molar refractivity (Wildman–Crippen MR) is 369 cm³/mol. The quantitative estimate of drug-likeness (QED) is 0.0339. The first-order valence-electron chi connectivity index (χ1n) is 28.0. The van der Waals surface area contributed by atoms with Gasteiger partial charge in [0.05, 0.1) is 43.7 Å². The standard InChI is InChI=1S/C25H25N7OS.C14H19N5.C11H10N2O2S.C8H9BO4.C3H3ClN2S.C2H4O2/c1-14-29-23(34-31-14)18-8-7-17(33-5)11-19(18)22-30-20-10-15(16-12-27-24(26)28-13-16)6-9-21(20)32(22)25(2,3)4;1-14(2,3)19-12-5-4-9(6-11(12)15)10-7-17-13(16)18-8-10;1-7-12-11(16-13-7)10-4-3-9(15-2)5-8(10)6-14;1-13-7-2-3-8(9(11)12)6(4-7)5-10;1-2-5-3(4)7-6-2;1-2(3)4/h6-13H,1-5H3,(H2,26,27,28);4-8,19H,15H2,1-3H3,(H2,16,17,18);3-6H,1-2H3;2-5,11-12H,1H3;1H3;1H3,(H,3,4). The van der Waals surface area contributed by atoms with E-state index in [1.54, 1.807) is 57.2 Å². The summed E-state index contributed by atoms with van der Waals surface area (Å²) >= 11 is 9.28. The Morgan fingerprint density at radius 3 is 1.48 bits per heavy atom. The molecule has 25 nitrogen and oxygen atoms in total. The molecule has 0 fully saturated rings. The van der Waals surface area contributed by atoms with E-state index in [1.165, 1.54) is 53.8 Å². The zero-order valence-corrected chi connectivity index (χ0v) is 56.4. The summed E-state index contributed by atoms with van der Waals surface area (Å²) in [6.45, 7) is 19.4. The molecule has 0 aliphatic heterocycles. The molecule has 10 N–H and O–H groups in total. The van der Waals surface area contributed by atoms with Crippen molar-refractivity contribution in [2.45, 2.75) is 80.3 Å². The van der Waals surface area contributed by atoms with E-state index in [0.717, 1.165) is 102 Å². The van der Waals surface area contributed by atoms with Crippen LogP contribution in [0.25, 0.3) is 65.8 Å². The third kappa shape index (κ3) is 20.8. The Kier molecular flexibility index (Phi) is 25.5. The average Bonchev–Trinajstić information content (AvgIpc) is 1.61. The van der Waals surface area contributed by atoms with E-state index in [0.29, 0.717) is 39.3 Å². The number of anilines is 4. The first kappa shape index (κ1) is 72.2.